The summed E-state index contributed by atoms with van der Waals surface area (Å²) in [4.78, 5) is 21.0. The lowest BCUT2D eigenvalue weighted by molar-refractivity contribution is 0.0925. The third kappa shape index (κ3) is 3.14. The molecule has 0 aliphatic heterocycles. The highest BCUT2D eigenvalue weighted by atomic mass is 16.3. The van der Waals surface area contributed by atoms with Gasteiger partial charge in [0.15, 0.2) is 0 Å². The molecule has 1 fully saturated rings. The highest BCUT2D eigenvalue weighted by Crippen LogP contribution is 2.41. The second-order valence-electron chi connectivity index (χ2n) is 5.70. The first-order valence-electron chi connectivity index (χ1n) is 7.47. The molecule has 1 aliphatic rings. The van der Waals surface area contributed by atoms with Crippen LogP contribution < -0.4 is 5.32 Å². The summed E-state index contributed by atoms with van der Waals surface area (Å²) in [7, 11) is 0. The first-order chi connectivity index (χ1) is 10.7. The van der Waals surface area contributed by atoms with Crippen LogP contribution in [0, 0.1) is 12.8 Å². The topological polar surface area (TPSA) is 75.1 Å². The Balaban J connectivity index is 1.82. The summed E-state index contributed by atoms with van der Waals surface area (Å²) in [6, 6.07) is 7.14. The fraction of sp³-hybridized carbons (Fsp3) is 0.353. The van der Waals surface area contributed by atoms with E-state index in [1.54, 1.807) is 24.5 Å². The second-order valence-corrected chi connectivity index (χ2v) is 5.70. The van der Waals surface area contributed by atoms with Crippen molar-refractivity contribution in [2.24, 2.45) is 5.92 Å². The Morgan fingerprint density at radius 3 is 2.86 bits per heavy atom. The van der Waals surface area contributed by atoms with Crippen LogP contribution in [-0.4, -0.2) is 21.0 Å². The summed E-state index contributed by atoms with van der Waals surface area (Å²) in [5.41, 5.74) is 3.01. The van der Waals surface area contributed by atoms with Gasteiger partial charge in [0, 0.05) is 12.4 Å². The molecule has 0 spiro atoms. The molecule has 2 heterocycles. The summed E-state index contributed by atoms with van der Waals surface area (Å²) >= 11 is 0. The van der Waals surface area contributed by atoms with E-state index in [0.717, 1.165) is 24.1 Å². The molecular formula is C17H19N3O2. The van der Waals surface area contributed by atoms with E-state index >= 15 is 0 Å². The molecule has 22 heavy (non-hydrogen) atoms. The number of hydrogen-bond acceptors (Lipinski definition) is 4. The summed E-state index contributed by atoms with van der Waals surface area (Å²) in [6.45, 7) is 1.91. The lowest BCUT2D eigenvalue weighted by Crippen LogP contribution is -2.31. The third-order valence-corrected chi connectivity index (χ3v) is 3.96. The van der Waals surface area contributed by atoms with Crippen molar-refractivity contribution in [2.75, 3.05) is 0 Å². The summed E-state index contributed by atoms with van der Waals surface area (Å²) in [6.07, 6.45) is 5.50. The number of pyridine rings is 2. The van der Waals surface area contributed by atoms with E-state index in [2.05, 4.69) is 15.3 Å². The lowest BCUT2D eigenvalue weighted by atomic mass is 10.0. The number of carbonyl (C=O) groups is 1. The lowest BCUT2D eigenvalue weighted by Gasteiger charge is -2.19. The van der Waals surface area contributed by atoms with Crippen LogP contribution >= 0.6 is 0 Å². The molecule has 1 saturated carbocycles. The number of aliphatic hydroxyl groups excluding tert-OH is 1. The monoisotopic (exact) mass is 297 g/mol. The zero-order chi connectivity index (χ0) is 15.5. The van der Waals surface area contributed by atoms with E-state index in [4.69, 9.17) is 5.11 Å². The van der Waals surface area contributed by atoms with E-state index in [9.17, 15) is 4.79 Å². The van der Waals surface area contributed by atoms with Crippen LogP contribution in [0.5, 0.6) is 0 Å². The maximum absolute atomic E-state index is 12.5. The van der Waals surface area contributed by atoms with Crippen LogP contribution in [0.4, 0.5) is 0 Å². The van der Waals surface area contributed by atoms with Gasteiger partial charge < -0.3 is 10.4 Å². The summed E-state index contributed by atoms with van der Waals surface area (Å²) in [5.74, 6) is 0.218. The number of aromatic nitrogens is 2. The first kappa shape index (κ1) is 14.7. The fourth-order valence-electron chi connectivity index (χ4n) is 2.57. The first-order valence-corrected chi connectivity index (χ1v) is 7.47. The van der Waals surface area contributed by atoms with Gasteiger partial charge in [-0.05, 0) is 55.0 Å². The quantitative estimate of drug-likeness (QED) is 0.887. The maximum Gasteiger partial charge on any atom is 0.270 e. The van der Waals surface area contributed by atoms with Gasteiger partial charge in [0.2, 0.25) is 0 Å². The van der Waals surface area contributed by atoms with Gasteiger partial charge in [0.1, 0.15) is 5.69 Å². The van der Waals surface area contributed by atoms with Gasteiger partial charge in [-0.15, -0.1) is 0 Å². The molecule has 5 heteroatoms. The minimum Gasteiger partial charge on any atom is -0.392 e. The molecule has 2 N–H and O–H groups in total. The van der Waals surface area contributed by atoms with Gasteiger partial charge in [0.25, 0.3) is 5.91 Å². The Bertz CT molecular complexity index is 683. The van der Waals surface area contributed by atoms with E-state index < -0.39 is 0 Å². The number of aryl methyl sites for hydroxylation is 1. The summed E-state index contributed by atoms with van der Waals surface area (Å²) in [5, 5.41) is 12.2. The Morgan fingerprint density at radius 1 is 1.36 bits per heavy atom. The fourth-order valence-corrected chi connectivity index (χ4v) is 2.57. The highest BCUT2D eigenvalue weighted by Gasteiger charge is 2.35. The third-order valence-electron chi connectivity index (χ3n) is 3.96. The normalized spacial score (nSPS) is 15.4. The van der Waals surface area contributed by atoms with Gasteiger partial charge in [-0.2, -0.15) is 0 Å². The molecule has 0 bridgehead atoms. The van der Waals surface area contributed by atoms with Crippen LogP contribution in [0.1, 0.15) is 46.2 Å². The SMILES string of the molecule is Cc1cccnc1C(NC(=O)c1cc(CO)ccn1)C1CC1. The molecular weight excluding hydrogens is 278 g/mol. The van der Waals surface area contributed by atoms with E-state index in [1.807, 2.05) is 19.1 Å². The minimum absolute atomic E-state index is 0.0757. The van der Waals surface area contributed by atoms with E-state index in [1.165, 1.54) is 0 Å². The zero-order valence-corrected chi connectivity index (χ0v) is 12.5. The molecule has 2 aromatic rings. The number of rotatable bonds is 5. The second kappa shape index (κ2) is 6.23. The Hall–Kier alpha value is -2.27. The van der Waals surface area contributed by atoms with Crippen molar-refractivity contribution in [1.82, 2.24) is 15.3 Å². The van der Waals surface area contributed by atoms with Crippen LogP contribution in [-0.2, 0) is 6.61 Å². The maximum atomic E-state index is 12.5. The van der Waals surface area contributed by atoms with E-state index in [-0.39, 0.29) is 18.6 Å². The van der Waals surface area contributed by atoms with Crippen molar-refractivity contribution < 1.29 is 9.90 Å². The largest absolute Gasteiger partial charge is 0.392 e. The van der Waals surface area contributed by atoms with Crippen LogP contribution in [0.25, 0.3) is 0 Å². The molecule has 0 aromatic carbocycles. The standard InChI is InChI=1S/C17H19N3O2/c1-11-3-2-7-19-15(11)16(13-4-5-13)20-17(22)14-9-12(10-21)6-8-18-14/h2-3,6-9,13,16,21H,4-5,10H2,1H3,(H,20,22). The molecule has 1 aliphatic carbocycles. The molecule has 2 aromatic heterocycles. The number of carbonyl (C=O) groups excluding carboxylic acids is 1. The minimum atomic E-state index is -0.225. The van der Waals surface area contributed by atoms with E-state index in [0.29, 0.717) is 17.2 Å². The number of aliphatic hydroxyl groups is 1. The average Bonchev–Trinajstić information content (AvgIpc) is 3.38. The van der Waals surface area contributed by atoms with Crippen molar-refractivity contribution in [2.45, 2.75) is 32.4 Å². The zero-order valence-electron chi connectivity index (χ0n) is 12.5. The summed E-state index contributed by atoms with van der Waals surface area (Å²) < 4.78 is 0. The molecule has 1 unspecified atom stereocenters. The average molecular weight is 297 g/mol. The predicted molar refractivity (Wildman–Crippen MR) is 82.1 cm³/mol. The molecule has 0 saturated heterocycles. The predicted octanol–water partition coefficient (Wildman–Crippen LogP) is 2.16. The Morgan fingerprint density at radius 2 is 2.18 bits per heavy atom. The molecule has 3 rings (SSSR count). The number of amides is 1. The number of hydrogen-bond donors (Lipinski definition) is 2. The van der Waals surface area contributed by atoms with Gasteiger partial charge in [0.05, 0.1) is 18.3 Å². The van der Waals surface area contributed by atoms with Gasteiger partial charge >= 0.3 is 0 Å². The van der Waals surface area contributed by atoms with Crippen molar-refractivity contribution in [3.05, 3.63) is 59.2 Å². The molecule has 0 radical (unpaired) electrons. The van der Waals surface area contributed by atoms with Gasteiger partial charge in [-0.3, -0.25) is 14.8 Å². The van der Waals surface area contributed by atoms with Crippen LogP contribution in [0.2, 0.25) is 0 Å². The molecule has 1 atom stereocenters. The van der Waals surface area contributed by atoms with Gasteiger partial charge in [-0.25, -0.2) is 0 Å². The van der Waals surface area contributed by atoms with Crippen LogP contribution in [0.15, 0.2) is 36.7 Å². The Kier molecular flexibility index (Phi) is 4.15. The smallest absolute Gasteiger partial charge is 0.270 e. The number of nitrogens with zero attached hydrogens (tertiary/aromatic N) is 2. The van der Waals surface area contributed by atoms with Gasteiger partial charge in [-0.1, -0.05) is 6.07 Å². The molecule has 114 valence electrons. The van der Waals surface area contributed by atoms with Crippen molar-refractivity contribution in [3.63, 3.8) is 0 Å². The molecule has 1 amide bonds. The number of nitrogens with one attached hydrogen (secondary N) is 1. The molecule has 5 nitrogen and oxygen atoms in total. The van der Waals surface area contributed by atoms with Crippen LogP contribution in [0.3, 0.4) is 0 Å². The Labute approximate surface area is 129 Å². The van der Waals surface area contributed by atoms with Crippen molar-refractivity contribution in [1.29, 1.82) is 0 Å². The highest BCUT2D eigenvalue weighted by molar-refractivity contribution is 5.92. The van der Waals surface area contributed by atoms with Crippen molar-refractivity contribution >= 4 is 5.91 Å². The van der Waals surface area contributed by atoms with Crippen molar-refractivity contribution in [3.8, 4) is 0 Å².